The fourth-order valence-corrected chi connectivity index (χ4v) is 1.77. The molecule has 1 aromatic carbocycles. The van der Waals surface area contributed by atoms with Crippen LogP contribution in [-0.4, -0.2) is 31.6 Å². The van der Waals surface area contributed by atoms with E-state index in [4.69, 9.17) is 5.26 Å². The lowest BCUT2D eigenvalue weighted by Gasteiger charge is -2.19. The van der Waals surface area contributed by atoms with Crippen molar-refractivity contribution in [3.8, 4) is 6.07 Å². The minimum atomic E-state index is -4.52. The molecule has 20 heavy (non-hydrogen) atoms. The van der Waals surface area contributed by atoms with Crippen LogP contribution in [0.25, 0.3) is 0 Å². The predicted molar refractivity (Wildman–Crippen MR) is 72.4 cm³/mol. The minimum absolute atomic E-state index is 0.0476. The van der Waals surface area contributed by atoms with Crippen molar-refractivity contribution in [3.05, 3.63) is 29.3 Å². The van der Waals surface area contributed by atoms with Crippen LogP contribution < -0.4 is 5.32 Å². The molecule has 0 aliphatic carbocycles. The highest BCUT2D eigenvalue weighted by molar-refractivity contribution is 5.53. The molecule has 0 heterocycles. The summed E-state index contributed by atoms with van der Waals surface area (Å²) in [5, 5.41) is 11.7. The lowest BCUT2D eigenvalue weighted by molar-refractivity contribution is -0.137. The molecule has 0 saturated heterocycles. The second-order valence-corrected chi connectivity index (χ2v) is 5.01. The molecule has 0 aromatic heterocycles. The number of alkyl halides is 3. The fraction of sp³-hybridized carbons (Fsp3) is 0.500. The van der Waals surface area contributed by atoms with Crippen LogP contribution in [0.15, 0.2) is 18.2 Å². The lowest BCUT2D eigenvalue weighted by atomic mass is 10.1. The molecule has 0 amide bonds. The van der Waals surface area contributed by atoms with Gasteiger partial charge in [0.2, 0.25) is 0 Å². The molecule has 1 atom stereocenters. The van der Waals surface area contributed by atoms with Gasteiger partial charge >= 0.3 is 6.18 Å². The van der Waals surface area contributed by atoms with E-state index in [-0.39, 0.29) is 11.6 Å². The van der Waals surface area contributed by atoms with E-state index in [0.29, 0.717) is 5.69 Å². The van der Waals surface area contributed by atoms with E-state index in [1.54, 1.807) is 6.07 Å². The van der Waals surface area contributed by atoms with Gasteiger partial charge in [0.15, 0.2) is 0 Å². The lowest BCUT2D eigenvalue weighted by Crippen LogP contribution is -2.23. The molecule has 3 nitrogen and oxygen atoms in total. The molecule has 0 fully saturated rings. The zero-order valence-electron chi connectivity index (χ0n) is 11.8. The Kier molecular flexibility index (Phi) is 5.40. The van der Waals surface area contributed by atoms with Crippen LogP contribution in [0.5, 0.6) is 0 Å². The molecule has 0 spiro atoms. The first-order valence-electron chi connectivity index (χ1n) is 6.26. The van der Waals surface area contributed by atoms with E-state index in [2.05, 4.69) is 5.32 Å². The smallest absolute Gasteiger partial charge is 0.383 e. The van der Waals surface area contributed by atoms with Crippen molar-refractivity contribution in [3.63, 3.8) is 0 Å². The Labute approximate surface area is 117 Å². The number of hydrogen-bond donors (Lipinski definition) is 1. The van der Waals surface area contributed by atoms with Gasteiger partial charge in [-0.1, -0.05) is 0 Å². The van der Waals surface area contributed by atoms with Gasteiger partial charge in [-0.3, -0.25) is 0 Å². The first-order chi connectivity index (χ1) is 9.24. The van der Waals surface area contributed by atoms with Crippen LogP contribution in [-0.2, 0) is 6.18 Å². The second-order valence-electron chi connectivity index (χ2n) is 5.01. The van der Waals surface area contributed by atoms with Crippen molar-refractivity contribution >= 4 is 5.69 Å². The maximum absolute atomic E-state index is 12.8. The first-order valence-corrected chi connectivity index (χ1v) is 6.26. The Morgan fingerprint density at radius 3 is 2.50 bits per heavy atom. The van der Waals surface area contributed by atoms with Crippen LogP contribution in [0.4, 0.5) is 18.9 Å². The van der Waals surface area contributed by atoms with Gasteiger partial charge in [-0.05, 0) is 52.2 Å². The van der Waals surface area contributed by atoms with E-state index >= 15 is 0 Å². The summed E-state index contributed by atoms with van der Waals surface area (Å²) in [6.07, 6.45) is -3.70. The van der Waals surface area contributed by atoms with E-state index in [9.17, 15) is 13.2 Å². The molecule has 6 heteroatoms. The molecule has 0 aliphatic rings. The highest BCUT2D eigenvalue weighted by Gasteiger charge is 2.33. The number of nitriles is 1. The van der Waals surface area contributed by atoms with Crippen molar-refractivity contribution < 1.29 is 13.2 Å². The van der Waals surface area contributed by atoms with Crippen molar-refractivity contribution in [1.29, 1.82) is 5.26 Å². The molecule has 110 valence electrons. The number of halogens is 3. The number of rotatable bonds is 5. The number of anilines is 1. The maximum Gasteiger partial charge on any atom is 0.417 e. The third-order valence-electron chi connectivity index (χ3n) is 2.87. The third kappa shape index (κ3) is 4.74. The molecule has 0 radical (unpaired) electrons. The first kappa shape index (κ1) is 16.3. The summed E-state index contributed by atoms with van der Waals surface area (Å²) in [4.78, 5) is 2.01. The van der Waals surface area contributed by atoms with Crippen LogP contribution in [0.3, 0.4) is 0 Å². The monoisotopic (exact) mass is 285 g/mol. The summed E-state index contributed by atoms with van der Waals surface area (Å²) in [6.45, 7) is 2.76. The number of nitrogens with zero attached hydrogens (tertiary/aromatic N) is 2. The van der Waals surface area contributed by atoms with Crippen molar-refractivity contribution in [2.45, 2.75) is 25.6 Å². The molecular weight excluding hydrogens is 267 g/mol. The third-order valence-corrected chi connectivity index (χ3v) is 2.87. The SMILES string of the molecule is CC(CCN(C)C)Nc1ccc(C#N)c(C(F)(F)F)c1. The molecule has 0 bridgehead atoms. The fourth-order valence-electron chi connectivity index (χ4n) is 1.77. The van der Waals surface area contributed by atoms with E-state index in [1.807, 2.05) is 25.9 Å². The minimum Gasteiger partial charge on any atom is -0.383 e. The van der Waals surface area contributed by atoms with Crippen LogP contribution in [0.1, 0.15) is 24.5 Å². The zero-order valence-corrected chi connectivity index (χ0v) is 11.8. The van der Waals surface area contributed by atoms with Crippen LogP contribution >= 0.6 is 0 Å². The molecule has 0 aliphatic heterocycles. The van der Waals surface area contributed by atoms with Gasteiger partial charge in [-0.25, -0.2) is 0 Å². The Morgan fingerprint density at radius 2 is 2.00 bits per heavy atom. The second kappa shape index (κ2) is 6.62. The number of nitrogens with one attached hydrogen (secondary N) is 1. The van der Waals surface area contributed by atoms with Crippen molar-refractivity contribution in [2.24, 2.45) is 0 Å². The summed E-state index contributed by atoms with van der Waals surface area (Å²) < 4.78 is 38.5. The molecule has 1 aromatic rings. The Balaban J connectivity index is 2.85. The summed E-state index contributed by atoms with van der Waals surface area (Å²) in [5.74, 6) is 0. The maximum atomic E-state index is 12.8. The van der Waals surface area contributed by atoms with Gasteiger partial charge in [-0.2, -0.15) is 18.4 Å². The van der Waals surface area contributed by atoms with Gasteiger partial charge in [0, 0.05) is 11.7 Å². The number of benzene rings is 1. The van der Waals surface area contributed by atoms with Gasteiger partial charge in [0.1, 0.15) is 0 Å². The molecule has 1 unspecified atom stereocenters. The van der Waals surface area contributed by atoms with Gasteiger partial charge in [-0.15, -0.1) is 0 Å². The Hall–Kier alpha value is -1.74. The van der Waals surface area contributed by atoms with Crippen molar-refractivity contribution in [1.82, 2.24) is 4.90 Å². The summed E-state index contributed by atoms with van der Waals surface area (Å²) in [7, 11) is 3.88. The normalized spacial score (nSPS) is 13.1. The molecule has 1 rings (SSSR count). The average Bonchev–Trinajstić information content (AvgIpc) is 2.35. The molecule has 1 N–H and O–H groups in total. The van der Waals surface area contributed by atoms with E-state index in [1.165, 1.54) is 12.1 Å². The topological polar surface area (TPSA) is 39.1 Å². The van der Waals surface area contributed by atoms with Crippen LogP contribution in [0.2, 0.25) is 0 Å². The van der Waals surface area contributed by atoms with E-state index in [0.717, 1.165) is 19.0 Å². The summed E-state index contributed by atoms with van der Waals surface area (Å²) in [6, 6.07) is 5.30. The largest absolute Gasteiger partial charge is 0.417 e. The van der Waals surface area contributed by atoms with E-state index < -0.39 is 11.7 Å². The standard InChI is InChI=1S/C14H18F3N3/c1-10(6-7-20(2)3)19-12-5-4-11(9-18)13(8-12)14(15,16)17/h4-5,8,10,19H,6-7H2,1-3H3. The summed E-state index contributed by atoms with van der Waals surface area (Å²) >= 11 is 0. The molecular formula is C14H18F3N3. The summed E-state index contributed by atoms with van der Waals surface area (Å²) in [5.41, 5.74) is -0.878. The highest BCUT2D eigenvalue weighted by atomic mass is 19.4. The quantitative estimate of drug-likeness (QED) is 0.902. The van der Waals surface area contributed by atoms with Gasteiger partial charge < -0.3 is 10.2 Å². The van der Waals surface area contributed by atoms with Crippen molar-refractivity contribution in [2.75, 3.05) is 26.0 Å². The Morgan fingerprint density at radius 1 is 1.35 bits per heavy atom. The van der Waals surface area contributed by atoms with Crippen LogP contribution in [0, 0.1) is 11.3 Å². The van der Waals surface area contributed by atoms with Gasteiger partial charge in [0.05, 0.1) is 17.2 Å². The zero-order chi connectivity index (χ0) is 15.3. The number of hydrogen-bond acceptors (Lipinski definition) is 3. The predicted octanol–water partition coefficient (Wildman–Crippen LogP) is 3.33. The highest BCUT2D eigenvalue weighted by Crippen LogP contribution is 2.33. The average molecular weight is 285 g/mol. The Bertz CT molecular complexity index is 489. The van der Waals surface area contributed by atoms with Gasteiger partial charge in [0.25, 0.3) is 0 Å². The molecule has 0 saturated carbocycles.